The smallest absolute Gasteiger partial charge is 0.136 e. The summed E-state index contributed by atoms with van der Waals surface area (Å²) in [4.78, 5) is 4.53. The van der Waals surface area contributed by atoms with Gasteiger partial charge in [0.2, 0.25) is 0 Å². The van der Waals surface area contributed by atoms with E-state index < -0.39 is 0 Å². The molecule has 24 heavy (non-hydrogen) atoms. The number of benzene rings is 2. The average Bonchev–Trinajstić information content (AvgIpc) is 3.07. The number of allylic oxidation sites excluding steroid dienone is 1. The van der Waals surface area contributed by atoms with Crippen molar-refractivity contribution in [2.45, 2.75) is 0 Å². The predicted molar refractivity (Wildman–Crippen MR) is 98.9 cm³/mol. The molecular formula is C18H11BrFN3S. The van der Waals surface area contributed by atoms with Crippen LogP contribution in [0.4, 0.5) is 10.1 Å². The third-order valence-electron chi connectivity index (χ3n) is 3.20. The van der Waals surface area contributed by atoms with Crippen LogP contribution in [-0.4, -0.2) is 4.98 Å². The molecule has 0 radical (unpaired) electrons. The quantitative estimate of drug-likeness (QED) is 0.573. The first-order valence-electron chi connectivity index (χ1n) is 7.00. The van der Waals surface area contributed by atoms with Gasteiger partial charge in [0.25, 0.3) is 0 Å². The molecule has 6 heteroatoms. The van der Waals surface area contributed by atoms with E-state index in [2.05, 4.69) is 32.3 Å². The summed E-state index contributed by atoms with van der Waals surface area (Å²) < 4.78 is 13.9. The van der Waals surface area contributed by atoms with E-state index in [0.29, 0.717) is 16.3 Å². The fourth-order valence-corrected chi connectivity index (χ4v) is 3.22. The zero-order valence-corrected chi connectivity index (χ0v) is 14.7. The predicted octanol–water partition coefficient (Wildman–Crippen LogP) is 5.69. The van der Waals surface area contributed by atoms with Gasteiger partial charge in [-0.3, -0.25) is 0 Å². The first kappa shape index (κ1) is 16.4. The second kappa shape index (κ2) is 7.39. The Morgan fingerprint density at radius 2 is 2.04 bits per heavy atom. The number of hydrogen-bond acceptors (Lipinski definition) is 4. The van der Waals surface area contributed by atoms with Crippen molar-refractivity contribution in [2.75, 3.05) is 5.32 Å². The number of halogens is 2. The Hall–Kier alpha value is -2.49. The average molecular weight is 400 g/mol. The van der Waals surface area contributed by atoms with Crippen LogP contribution in [0, 0.1) is 17.1 Å². The van der Waals surface area contributed by atoms with Crippen LogP contribution in [0.25, 0.3) is 16.8 Å². The summed E-state index contributed by atoms with van der Waals surface area (Å²) in [5, 5.41) is 14.9. The van der Waals surface area contributed by atoms with Gasteiger partial charge in [-0.25, -0.2) is 9.37 Å². The Morgan fingerprint density at radius 1 is 1.25 bits per heavy atom. The number of nitrogens with one attached hydrogen (secondary N) is 1. The first-order chi connectivity index (χ1) is 11.7. The second-order valence-electron chi connectivity index (χ2n) is 4.87. The maximum Gasteiger partial charge on any atom is 0.136 e. The number of nitrogens with zero attached hydrogens (tertiary/aromatic N) is 2. The Kier molecular flexibility index (Phi) is 5.04. The molecule has 0 unspecified atom stereocenters. The van der Waals surface area contributed by atoms with Gasteiger partial charge in [0.15, 0.2) is 0 Å². The van der Waals surface area contributed by atoms with Gasteiger partial charge in [0.05, 0.1) is 5.69 Å². The van der Waals surface area contributed by atoms with Crippen molar-refractivity contribution < 1.29 is 4.39 Å². The summed E-state index contributed by atoms with van der Waals surface area (Å²) in [5.41, 5.74) is 2.92. The maximum atomic E-state index is 12.9. The van der Waals surface area contributed by atoms with Crippen molar-refractivity contribution in [3.05, 3.63) is 75.4 Å². The highest BCUT2D eigenvalue weighted by Crippen LogP contribution is 2.27. The van der Waals surface area contributed by atoms with Gasteiger partial charge in [-0.05, 0) is 36.4 Å². The fourth-order valence-electron chi connectivity index (χ4n) is 2.02. The number of rotatable bonds is 4. The molecule has 118 valence electrons. The highest BCUT2D eigenvalue weighted by atomic mass is 79.9. The van der Waals surface area contributed by atoms with Crippen LogP contribution < -0.4 is 5.32 Å². The summed E-state index contributed by atoms with van der Waals surface area (Å²) in [6.07, 6.45) is 1.58. The molecule has 0 aliphatic carbocycles. The van der Waals surface area contributed by atoms with E-state index in [1.165, 1.54) is 23.5 Å². The molecule has 0 aliphatic rings. The third kappa shape index (κ3) is 3.88. The molecule has 0 atom stereocenters. The summed E-state index contributed by atoms with van der Waals surface area (Å²) in [6, 6.07) is 15.9. The number of thiazole rings is 1. The molecule has 0 bridgehead atoms. The molecule has 0 fully saturated rings. The minimum absolute atomic E-state index is 0.302. The van der Waals surface area contributed by atoms with Crippen molar-refractivity contribution in [2.24, 2.45) is 0 Å². The highest BCUT2D eigenvalue weighted by molar-refractivity contribution is 9.10. The van der Waals surface area contributed by atoms with Crippen molar-refractivity contribution in [1.82, 2.24) is 4.98 Å². The highest BCUT2D eigenvalue weighted by Gasteiger charge is 2.09. The Labute approximate surface area is 151 Å². The van der Waals surface area contributed by atoms with Crippen LogP contribution in [0.2, 0.25) is 0 Å². The molecule has 0 saturated heterocycles. The van der Waals surface area contributed by atoms with Gasteiger partial charge in [-0.15, -0.1) is 11.3 Å². The molecule has 3 rings (SSSR count). The molecular weight excluding hydrogens is 389 g/mol. The molecule has 2 aromatic carbocycles. The SMILES string of the molecule is N#C/C(=C/Nc1ccc(F)cc1)c1nc(-c2cccc(Br)c2)cs1. The number of nitriles is 1. The van der Waals surface area contributed by atoms with E-state index >= 15 is 0 Å². The molecule has 3 aromatic rings. The monoisotopic (exact) mass is 399 g/mol. The first-order valence-corrected chi connectivity index (χ1v) is 8.67. The molecule has 1 N–H and O–H groups in total. The summed E-state index contributed by atoms with van der Waals surface area (Å²) in [5.74, 6) is -0.302. The lowest BCUT2D eigenvalue weighted by molar-refractivity contribution is 0.628. The minimum Gasteiger partial charge on any atom is -0.360 e. The lowest BCUT2D eigenvalue weighted by Crippen LogP contribution is -1.91. The second-order valence-corrected chi connectivity index (χ2v) is 6.64. The molecule has 0 amide bonds. The van der Waals surface area contributed by atoms with Crippen molar-refractivity contribution in [3.63, 3.8) is 0 Å². The fraction of sp³-hybridized carbons (Fsp3) is 0. The van der Waals surface area contributed by atoms with Gasteiger partial charge >= 0.3 is 0 Å². The Bertz CT molecular complexity index is 926. The van der Waals surface area contributed by atoms with Gasteiger partial charge in [-0.1, -0.05) is 28.1 Å². The standard InChI is InChI=1S/C18H11BrFN3S/c19-14-3-1-2-12(8-14)17-11-24-18(23-17)13(9-21)10-22-16-6-4-15(20)5-7-16/h1-8,10-11,22H/b13-10-. The van der Waals surface area contributed by atoms with Crippen LogP contribution in [0.1, 0.15) is 5.01 Å². The number of anilines is 1. The van der Waals surface area contributed by atoms with Gasteiger partial charge < -0.3 is 5.32 Å². The molecule has 1 heterocycles. The molecule has 0 spiro atoms. The lowest BCUT2D eigenvalue weighted by Gasteiger charge is -2.01. The van der Waals surface area contributed by atoms with Crippen LogP contribution in [0.5, 0.6) is 0 Å². The maximum absolute atomic E-state index is 12.9. The number of hydrogen-bond donors (Lipinski definition) is 1. The largest absolute Gasteiger partial charge is 0.360 e. The van der Waals surface area contributed by atoms with Crippen LogP contribution in [0.15, 0.2) is 64.6 Å². The zero-order valence-electron chi connectivity index (χ0n) is 12.3. The number of aromatic nitrogens is 1. The van der Waals surface area contributed by atoms with Crippen LogP contribution in [-0.2, 0) is 0 Å². The van der Waals surface area contributed by atoms with Crippen LogP contribution >= 0.6 is 27.3 Å². The molecule has 3 nitrogen and oxygen atoms in total. The van der Waals surface area contributed by atoms with E-state index in [0.717, 1.165) is 15.7 Å². The van der Waals surface area contributed by atoms with Crippen molar-refractivity contribution in [1.29, 1.82) is 5.26 Å². The summed E-state index contributed by atoms with van der Waals surface area (Å²) in [7, 11) is 0. The minimum atomic E-state index is -0.302. The van der Waals surface area contributed by atoms with Gasteiger partial charge in [0.1, 0.15) is 22.5 Å². The molecule has 0 saturated carbocycles. The topological polar surface area (TPSA) is 48.7 Å². The molecule has 0 aliphatic heterocycles. The van der Waals surface area contributed by atoms with Gasteiger partial charge in [-0.2, -0.15) is 5.26 Å². The van der Waals surface area contributed by atoms with E-state index in [1.54, 1.807) is 18.3 Å². The Balaban J connectivity index is 1.83. The summed E-state index contributed by atoms with van der Waals surface area (Å²) in [6.45, 7) is 0. The van der Waals surface area contributed by atoms with E-state index in [4.69, 9.17) is 0 Å². The van der Waals surface area contributed by atoms with E-state index in [9.17, 15) is 9.65 Å². The lowest BCUT2D eigenvalue weighted by atomic mass is 10.2. The Morgan fingerprint density at radius 3 is 2.75 bits per heavy atom. The van der Waals surface area contributed by atoms with E-state index in [1.807, 2.05) is 29.6 Å². The summed E-state index contributed by atoms with van der Waals surface area (Å²) >= 11 is 4.84. The zero-order chi connectivity index (χ0) is 16.9. The van der Waals surface area contributed by atoms with Crippen LogP contribution in [0.3, 0.4) is 0 Å². The van der Waals surface area contributed by atoms with Gasteiger partial charge in [0, 0.05) is 27.3 Å². The molecule has 1 aromatic heterocycles. The van der Waals surface area contributed by atoms with Crippen molar-refractivity contribution in [3.8, 4) is 17.3 Å². The third-order valence-corrected chi connectivity index (χ3v) is 4.57. The normalized spacial score (nSPS) is 11.1. The van der Waals surface area contributed by atoms with Crippen molar-refractivity contribution >= 4 is 38.5 Å². The van der Waals surface area contributed by atoms with E-state index in [-0.39, 0.29) is 5.82 Å².